The van der Waals surface area contributed by atoms with Crippen molar-refractivity contribution >= 4 is 5.69 Å². The number of aromatic nitrogens is 1. The number of hydrogen-bond donors (Lipinski definition) is 1. The molecule has 0 spiro atoms. The Hall–Kier alpha value is -3.72. The predicted octanol–water partition coefficient (Wildman–Crippen LogP) is 3.49. The maximum absolute atomic E-state index is 12.3. The van der Waals surface area contributed by atoms with Crippen molar-refractivity contribution in [2.45, 2.75) is 0 Å². The van der Waals surface area contributed by atoms with Crippen LogP contribution in [0, 0.1) is 21.4 Å². The van der Waals surface area contributed by atoms with Crippen molar-refractivity contribution in [1.82, 2.24) is 4.98 Å². The molecule has 0 aliphatic heterocycles. The van der Waals surface area contributed by atoms with Gasteiger partial charge in [0.25, 0.3) is 5.69 Å². The van der Waals surface area contributed by atoms with E-state index in [4.69, 9.17) is 0 Å². The molecule has 0 bridgehead atoms. The van der Waals surface area contributed by atoms with Gasteiger partial charge in [-0.15, -0.1) is 0 Å². The van der Waals surface area contributed by atoms with Gasteiger partial charge < -0.3 is 4.98 Å². The molecular weight excluding hydrogens is 306 g/mol. The van der Waals surface area contributed by atoms with Crippen molar-refractivity contribution in [2.24, 2.45) is 0 Å². The Labute approximate surface area is 136 Å². The lowest BCUT2D eigenvalue weighted by Gasteiger charge is -2.08. The van der Waals surface area contributed by atoms with Crippen molar-refractivity contribution in [3.63, 3.8) is 0 Å². The number of rotatable bonds is 3. The van der Waals surface area contributed by atoms with Crippen molar-refractivity contribution in [1.29, 1.82) is 5.26 Å². The second-order valence-corrected chi connectivity index (χ2v) is 5.08. The zero-order valence-corrected chi connectivity index (χ0v) is 12.4. The molecule has 6 nitrogen and oxygen atoms in total. The fourth-order valence-electron chi connectivity index (χ4n) is 2.41. The van der Waals surface area contributed by atoms with Gasteiger partial charge in [-0.2, -0.15) is 5.26 Å². The Morgan fingerprint density at radius 2 is 1.67 bits per heavy atom. The summed E-state index contributed by atoms with van der Waals surface area (Å²) < 4.78 is 0. The molecule has 0 aliphatic rings. The van der Waals surface area contributed by atoms with E-state index in [-0.39, 0.29) is 11.3 Å². The van der Waals surface area contributed by atoms with Crippen LogP contribution in [0.1, 0.15) is 5.56 Å². The Morgan fingerprint density at radius 3 is 2.25 bits per heavy atom. The number of nitrogens with one attached hydrogen (secondary N) is 1. The average molecular weight is 317 g/mol. The van der Waals surface area contributed by atoms with E-state index in [1.807, 2.05) is 24.3 Å². The Kier molecular flexibility index (Phi) is 3.91. The van der Waals surface area contributed by atoms with Crippen LogP contribution in [0.25, 0.3) is 22.5 Å². The van der Waals surface area contributed by atoms with E-state index >= 15 is 0 Å². The molecular formula is C18H11N3O3. The quantitative estimate of drug-likeness (QED) is 0.590. The minimum absolute atomic E-state index is 0.0296. The fraction of sp³-hybridized carbons (Fsp3) is 0. The highest BCUT2D eigenvalue weighted by molar-refractivity contribution is 5.71. The van der Waals surface area contributed by atoms with Gasteiger partial charge in [0.2, 0.25) is 5.43 Å². The summed E-state index contributed by atoms with van der Waals surface area (Å²) in [5.74, 6) is 0. The van der Waals surface area contributed by atoms with Crippen LogP contribution in [0.2, 0.25) is 0 Å². The third-order valence-electron chi connectivity index (χ3n) is 3.59. The molecule has 1 N–H and O–H groups in total. The van der Waals surface area contributed by atoms with Gasteiger partial charge in [0, 0.05) is 23.9 Å². The predicted molar refractivity (Wildman–Crippen MR) is 89.3 cm³/mol. The SMILES string of the molecule is N#Cc1c(-c2ccccc2)[nH]c(-c2ccc([N+](=O)[O-])cc2)cc1=O. The van der Waals surface area contributed by atoms with Gasteiger partial charge in [-0.3, -0.25) is 14.9 Å². The molecule has 0 unspecified atom stereocenters. The van der Waals surface area contributed by atoms with Crippen LogP contribution in [-0.2, 0) is 0 Å². The van der Waals surface area contributed by atoms with E-state index in [1.54, 1.807) is 24.3 Å². The first-order chi connectivity index (χ1) is 11.6. The molecule has 0 atom stereocenters. The number of pyridine rings is 1. The summed E-state index contributed by atoms with van der Waals surface area (Å²) in [5, 5.41) is 20.0. The zero-order chi connectivity index (χ0) is 17.1. The van der Waals surface area contributed by atoms with E-state index in [9.17, 15) is 20.2 Å². The van der Waals surface area contributed by atoms with Crippen LogP contribution in [0.15, 0.2) is 65.5 Å². The van der Waals surface area contributed by atoms with Gasteiger partial charge in [-0.1, -0.05) is 30.3 Å². The van der Waals surface area contributed by atoms with Crippen LogP contribution in [0.5, 0.6) is 0 Å². The van der Waals surface area contributed by atoms with Gasteiger partial charge in [0.1, 0.15) is 11.6 Å². The lowest BCUT2D eigenvalue weighted by atomic mass is 10.0. The van der Waals surface area contributed by atoms with Gasteiger partial charge in [0.15, 0.2) is 0 Å². The molecule has 0 amide bonds. The number of benzene rings is 2. The van der Waals surface area contributed by atoms with Crippen LogP contribution in [0.3, 0.4) is 0 Å². The molecule has 3 aromatic rings. The second-order valence-electron chi connectivity index (χ2n) is 5.08. The number of H-pyrrole nitrogens is 1. The van der Waals surface area contributed by atoms with E-state index < -0.39 is 10.4 Å². The molecule has 2 aromatic carbocycles. The van der Waals surface area contributed by atoms with Crippen LogP contribution < -0.4 is 5.43 Å². The van der Waals surface area contributed by atoms with E-state index in [1.165, 1.54) is 18.2 Å². The maximum Gasteiger partial charge on any atom is 0.269 e. The van der Waals surface area contributed by atoms with Crippen molar-refractivity contribution < 1.29 is 4.92 Å². The number of nitriles is 1. The van der Waals surface area contributed by atoms with Crippen molar-refractivity contribution in [3.8, 4) is 28.6 Å². The Balaban J connectivity index is 2.17. The van der Waals surface area contributed by atoms with Gasteiger partial charge in [-0.25, -0.2) is 0 Å². The average Bonchev–Trinajstić information content (AvgIpc) is 2.62. The van der Waals surface area contributed by atoms with Gasteiger partial charge in [-0.05, 0) is 23.3 Å². The van der Waals surface area contributed by atoms with E-state index in [2.05, 4.69) is 4.98 Å². The molecule has 0 fully saturated rings. The highest BCUT2D eigenvalue weighted by atomic mass is 16.6. The molecule has 6 heteroatoms. The molecule has 1 heterocycles. The summed E-state index contributed by atoms with van der Waals surface area (Å²) in [6, 6.07) is 18.2. The van der Waals surface area contributed by atoms with Gasteiger partial charge in [0.05, 0.1) is 10.6 Å². The van der Waals surface area contributed by atoms with Crippen LogP contribution in [-0.4, -0.2) is 9.91 Å². The standard InChI is InChI=1S/C18H11N3O3/c19-11-15-17(22)10-16(12-6-8-14(9-7-12)21(23)24)20-18(15)13-4-2-1-3-5-13/h1-10H,(H,20,22). The number of nitro benzene ring substituents is 1. The third-order valence-corrected chi connectivity index (χ3v) is 3.59. The molecule has 0 radical (unpaired) electrons. The van der Waals surface area contributed by atoms with Crippen LogP contribution in [0.4, 0.5) is 5.69 Å². The summed E-state index contributed by atoms with van der Waals surface area (Å²) in [7, 11) is 0. The van der Waals surface area contributed by atoms with E-state index in [0.29, 0.717) is 17.0 Å². The zero-order valence-electron chi connectivity index (χ0n) is 12.4. The molecule has 1 aromatic heterocycles. The summed E-state index contributed by atoms with van der Waals surface area (Å²) >= 11 is 0. The lowest BCUT2D eigenvalue weighted by Crippen LogP contribution is -2.09. The second kappa shape index (κ2) is 6.18. The van der Waals surface area contributed by atoms with E-state index in [0.717, 1.165) is 5.56 Å². The first-order valence-electron chi connectivity index (χ1n) is 7.08. The summed E-state index contributed by atoms with van der Waals surface area (Å²) in [6.07, 6.45) is 0. The topological polar surface area (TPSA) is 99.8 Å². The number of nitrogens with zero attached hydrogens (tertiary/aromatic N) is 2. The maximum atomic E-state index is 12.3. The number of hydrogen-bond acceptors (Lipinski definition) is 4. The number of non-ortho nitro benzene ring substituents is 1. The Morgan fingerprint density at radius 1 is 1.00 bits per heavy atom. The normalized spacial score (nSPS) is 10.1. The number of nitro groups is 1. The molecule has 0 saturated heterocycles. The monoisotopic (exact) mass is 317 g/mol. The first kappa shape index (κ1) is 15.2. The summed E-state index contributed by atoms with van der Waals surface area (Å²) in [4.78, 5) is 25.6. The lowest BCUT2D eigenvalue weighted by molar-refractivity contribution is -0.384. The van der Waals surface area contributed by atoms with Crippen LogP contribution >= 0.6 is 0 Å². The fourth-order valence-corrected chi connectivity index (χ4v) is 2.41. The molecule has 3 rings (SSSR count). The summed E-state index contributed by atoms with van der Waals surface area (Å²) in [6.45, 7) is 0. The summed E-state index contributed by atoms with van der Waals surface area (Å²) in [5.41, 5.74) is 1.87. The van der Waals surface area contributed by atoms with Crippen molar-refractivity contribution in [2.75, 3.05) is 0 Å². The highest BCUT2D eigenvalue weighted by Crippen LogP contribution is 2.25. The molecule has 0 saturated carbocycles. The Bertz CT molecular complexity index is 1000. The molecule has 116 valence electrons. The smallest absolute Gasteiger partial charge is 0.269 e. The minimum atomic E-state index is -0.485. The number of aromatic amines is 1. The van der Waals surface area contributed by atoms with Gasteiger partial charge >= 0.3 is 0 Å². The minimum Gasteiger partial charge on any atom is -0.353 e. The molecule has 24 heavy (non-hydrogen) atoms. The first-order valence-corrected chi connectivity index (χ1v) is 7.08. The molecule has 0 aliphatic carbocycles. The van der Waals surface area contributed by atoms with Crippen molar-refractivity contribution in [3.05, 3.63) is 86.6 Å². The highest BCUT2D eigenvalue weighted by Gasteiger charge is 2.13. The largest absolute Gasteiger partial charge is 0.353 e. The third kappa shape index (κ3) is 2.78.